The zero-order chi connectivity index (χ0) is 14.1. The van der Waals surface area contributed by atoms with Crippen LogP contribution in [-0.2, 0) is 4.79 Å². The van der Waals surface area contributed by atoms with Gasteiger partial charge in [-0.15, -0.1) is 0 Å². The Morgan fingerprint density at radius 1 is 1.21 bits per heavy atom. The number of carboxylic acids is 1. The number of urea groups is 1. The third kappa shape index (κ3) is 3.19. The van der Waals surface area contributed by atoms with Gasteiger partial charge in [-0.1, -0.05) is 33.1 Å². The summed E-state index contributed by atoms with van der Waals surface area (Å²) in [5.74, 6) is -0.389. The Bertz CT molecular complexity index is 373. The van der Waals surface area contributed by atoms with Gasteiger partial charge in [0.15, 0.2) is 0 Å². The molecule has 0 aromatic heterocycles. The van der Waals surface area contributed by atoms with E-state index in [0.717, 1.165) is 25.7 Å². The molecule has 0 aromatic rings. The summed E-state index contributed by atoms with van der Waals surface area (Å²) in [5, 5.41) is 14.9. The van der Waals surface area contributed by atoms with Crippen LogP contribution >= 0.6 is 0 Å². The molecule has 2 aliphatic rings. The molecule has 0 heterocycles. The Morgan fingerprint density at radius 3 is 2.26 bits per heavy atom. The first-order valence-corrected chi connectivity index (χ1v) is 7.15. The molecule has 0 bridgehead atoms. The highest BCUT2D eigenvalue weighted by Gasteiger charge is 2.46. The zero-order valence-electron chi connectivity index (χ0n) is 11.8. The number of hydrogen-bond acceptors (Lipinski definition) is 2. The van der Waals surface area contributed by atoms with E-state index in [1.165, 1.54) is 0 Å². The maximum absolute atomic E-state index is 11.9. The lowest BCUT2D eigenvalue weighted by atomic mass is 9.82. The van der Waals surface area contributed by atoms with Crippen molar-refractivity contribution in [2.24, 2.45) is 11.3 Å². The van der Waals surface area contributed by atoms with Gasteiger partial charge >= 0.3 is 12.0 Å². The lowest BCUT2D eigenvalue weighted by Crippen LogP contribution is -2.58. The fourth-order valence-electron chi connectivity index (χ4n) is 2.95. The van der Waals surface area contributed by atoms with Crippen molar-refractivity contribution in [3.63, 3.8) is 0 Å². The average molecular weight is 268 g/mol. The van der Waals surface area contributed by atoms with E-state index in [1.807, 2.05) is 0 Å². The van der Waals surface area contributed by atoms with E-state index < -0.39 is 11.5 Å². The molecule has 2 amide bonds. The lowest BCUT2D eigenvalue weighted by Gasteiger charge is -2.33. The minimum absolute atomic E-state index is 0.322. The Labute approximate surface area is 114 Å². The quantitative estimate of drug-likeness (QED) is 0.730. The van der Waals surface area contributed by atoms with Crippen LogP contribution in [0.25, 0.3) is 0 Å². The summed E-state index contributed by atoms with van der Waals surface area (Å²) in [7, 11) is 0. The maximum Gasteiger partial charge on any atom is 0.329 e. The van der Waals surface area contributed by atoms with Crippen molar-refractivity contribution in [3.05, 3.63) is 0 Å². The molecule has 0 radical (unpaired) electrons. The van der Waals surface area contributed by atoms with Crippen molar-refractivity contribution in [3.8, 4) is 0 Å². The monoisotopic (exact) mass is 268 g/mol. The summed E-state index contributed by atoms with van der Waals surface area (Å²) in [6, 6.07) is -0.341. The van der Waals surface area contributed by atoms with Crippen LogP contribution in [0.4, 0.5) is 4.79 Å². The Balaban J connectivity index is 1.83. The number of hydrogen-bond donors (Lipinski definition) is 3. The fourth-order valence-corrected chi connectivity index (χ4v) is 2.95. The molecule has 0 aliphatic heterocycles. The van der Waals surface area contributed by atoms with E-state index in [4.69, 9.17) is 0 Å². The molecular formula is C14H24N2O3. The van der Waals surface area contributed by atoms with E-state index in [2.05, 4.69) is 24.5 Å². The number of aliphatic carboxylic acids is 1. The topological polar surface area (TPSA) is 78.4 Å². The van der Waals surface area contributed by atoms with Gasteiger partial charge in [0.1, 0.15) is 5.54 Å². The van der Waals surface area contributed by atoms with Crippen LogP contribution in [0.3, 0.4) is 0 Å². The van der Waals surface area contributed by atoms with Crippen LogP contribution in [0.15, 0.2) is 0 Å². The number of amides is 2. The van der Waals surface area contributed by atoms with Crippen molar-refractivity contribution in [2.45, 2.75) is 57.9 Å². The van der Waals surface area contributed by atoms with Gasteiger partial charge in [0.2, 0.25) is 0 Å². The predicted molar refractivity (Wildman–Crippen MR) is 71.9 cm³/mol. The Morgan fingerprint density at radius 2 is 1.79 bits per heavy atom. The number of carbonyl (C=O) groups excluding carboxylic acids is 1. The van der Waals surface area contributed by atoms with E-state index in [9.17, 15) is 14.7 Å². The standard InChI is InChI=1S/C14H24N2O3/c1-13(2)8-10(13)9-15-12(19)16-14(11(17)18)6-4-3-5-7-14/h10H,3-9H2,1-2H3,(H,17,18)(H2,15,16,19). The summed E-state index contributed by atoms with van der Waals surface area (Å²) in [6.45, 7) is 4.99. The van der Waals surface area contributed by atoms with Gasteiger partial charge < -0.3 is 15.7 Å². The first kappa shape index (κ1) is 14.2. The van der Waals surface area contributed by atoms with E-state index in [1.54, 1.807) is 0 Å². The Kier molecular flexibility index (Phi) is 3.74. The SMILES string of the molecule is CC1(C)CC1CNC(=O)NC1(C(=O)O)CCCCC1. The summed E-state index contributed by atoms with van der Waals surface area (Å²) in [6.07, 6.45) is 4.96. The summed E-state index contributed by atoms with van der Waals surface area (Å²) in [4.78, 5) is 23.3. The molecule has 0 spiro atoms. The number of carboxylic acid groups (broad SMARTS) is 1. The minimum Gasteiger partial charge on any atom is -0.480 e. The van der Waals surface area contributed by atoms with E-state index in [-0.39, 0.29) is 6.03 Å². The van der Waals surface area contributed by atoms with E-state index >= 15 is 0 Å². The molecule has 2 saturated carbocycles. The molecular weight excluding hydrogens is 244 g/mol. The van der Waals surface area contributed by atoms with Crippen molar-refractivity contribution < 1.29 is 14.7 Å². The summed E-state index contributed by atoms with van der Waals surface area (Å²) in [5.41, 5.74) is -0.732. The molecule has 5 heteroatoms. The summed E-state index contributed by atoms with van der Waals surface area (Å²) < 4.78 is 0. The second-order valence-corrected chi connectivity index (χ2v) is 6.67. The Hall–Kier alpha value is -1.26. The van der Waals surface area contributed by atoms with Gasteiger partial charge in [0.05, 0.1) is 0 Å². The number of rotatable bonds is 4. The van der Waals surface area contributed by atoms with Crippen LogP contribution in [-0.4, -0.2) is 29.2 Å². The van der Waals surface area contributed by atoms with Crippen LogP contribution in [0, 0.1) is 11.3 Å². The smallest absolute Gasteiger partial charge is 0.329 e. The highest BCUT2D eigenvalue weighted by Crippen LogP contribution is 2.50. The third-order valence-electron chi connectivity index (χ3n) is 4.70. The molecule has 2 fully saturated rings. The second kappa shape index (κ2) is 5.02. The van der Waals surface area contributed by atoms with Crippen molar-refractivity contribution in [1.29, 1.82) is 0 Å². The molecule has 1 unspecified atom stereocenters. The van der Waals surface area contributed by atoms with Gasteiger partial charge in [-0.05, 0) is 30.6 Å². The number of nitrogens with one attached hydrogen (secondary N) is 2. The van der Waals surface area contributed by atoms with Crippen molar-refractivity contribution >= 4 is 12.0 Å². The van der Waals surface area contributed by atoms with Gasteiger partial charge in [0, 0.05) is 6.54 Å². The second-order valence-electron chi connectivity index (χ2n) is 6.67. The third-order valence-corrected chi connectivity index (χ3v) is 4.70. The maximum atomic E-state index is 11.9. The lowest BCUT2D eigenvalue weighted by molar-refractivity contribution is -0.145. The minimum atomic E-state index is -1.05. The van der Waals surface area contributed by atoms with Gasteiger partial charge in [-0.3, -0.25) is 0 Å². The molecule has 0 aromatic carbocycles. The molecule has 2 aliphatic carbocycles. The molecule has 19 heavy (non-hydrogen) atoms. The normalized spacial score (nSPS) is 27.4. The highest BCUT2D eigenvalue weighted by molar-refractivity contribution is 5.86. The fraction of sp³-hybridized carbons (Fsp3) is 0.857. The molecule has 2 rings (SSSR count). The average Bonchev–Trinajstić information content (AvgIpc) is 2.95. The largest absolute Gasteiger partial charge is 0.480 e. The van der Waals surface area contributed by atoms with Crippen LogP contribution in [0.2, 0.25) is 0 Å². The van der Waals surface area contributed by atoms with Crippen LogP contribution in [0.1, 0.15) is 52.4 Å². The predicted octanol–water partition coefficient (Wildman–Crippen LogP) is 2.12. The van der Waals surface area contributed by atoms with Gasteiger partial charge in [0.25, 0.3) is 0 Å². The van der Waals surface area contributed by atoms with Gasteiger partial charge in [-0.25, -0.2) is 9.59 Å². The molecule has 1 atom stereocenters. The van der Waals surface area contributed by atoms with Crippen molar-refractivity contribution in [2.75, 3.05) is 6.54 Å². The highest BCUT2D eigenvalue weighted by atomic mass is 16.4. The van der Waals surface area contributed by atoms with Gasteiger partial charge in [-0.2, -0.15) is 0 Å². The zero-order valence-corrected chi connectivity index (χ0v) is 11.8. The molecule has 0 saturated heterocycles. The summed E-state index contributed by atoms with van der Waals surface area (Å²) >= 11 is 0. The van der Waals surface area contributed by atoms with Crippen LogP contribution in [0.5, 0.6) is 0 Å². The first-order valence-electron chi connectivity index (χ1n) is 7.15. The van der Waals surface area contributed by atoms with Crippen molar-refractivity contribution in [1.82, 2.24) is 10.6 Å². The first-order chi connectivity index (χ1) is 8.86. The number of carbonyl (C=O) groups is 2. The van der Waals surface area contributed by atoms with E-state index in [0.29, 0.717) is 30.7 Å². The molecule has 3 N–H and O–H groups in total. The van der Waals surface area contributed by atoms with Crippen LogP contribution < -0.4 is 10.6 Å². The molecule has 5 nitrogen and oxygen atoms in total. The molecule has 108 valence electrons.